The van der Waals surface area contributed by atoms with Gasteiger partial charge in [0.2, 0.25) is 18.0 Å². The van der Waals surface area contributed by atoms with Crippen molar-refractivity contribution in [3.63, 3.8) is 0 Å². The molecule has 0 radical (unpaired) electrons. The average Bonchev–Trinajstić information content (AvgIpc) is 3.34. The Bertz CT molecular complexity index is 1330. The van der Waals surface area contributed by atoms with Crippen LogP contribution in [0.25, 0.3) is 11.1 Å². The van der Waals surface area contributed by atoms with Crippen molar-refractivity contribution in [2.45, 2.75) is 116 Å². The van der Waals surface area contributed by atoms with Crippen LogP contribution in [0, 0.1) is 0 Å². The van der Waals surface area contributed by atoms with Gasteiger partial charge in [0, 0.05) is 12.0 Å². The number of carbonyl (C=O) groups excluding carboxylic acids is 2. The highest BCUT2D eigenvalue weighted by atomic mass is 16.7. The minimum absolute atomic E-state index is 0.119. The lowest BCUT2D eigenvalue weighted by atomic mass is 9.96. The van der Waals surface area contributed by atoms with E-state index in [2.05, 4.69) is 11.7 Å². The summed E-state index contributed by atoms with van der Waals surface area (Å²) in [5, 5.41) is 0. The molecule has 0 unspecified atom stereocenters. The van der Waals surface area contributed by atoms with Crippen molar-refractivity contribution in [2.24, 2.45) is 5.73 Å². The zero-order valence-corrected chi connectivity index (χ0v) is 29.8. The first-order chi connectivity index (χ1) is 23.3. The fourth-order valence-electron chi connectivity index (χ4n) is 5.96. The number of rotatable bonds is 20. The molecule has 48 heavy (non-hydrogen) atoms. The molecule has 0 spiro atoms. The maximum atomic E-state index is 12.3. The lowest BCUT2D eigenvalue weighted by Crippen LogP contribution is -2.17. The van der Waals surface area contributed by atoms with E-state index >= 15 is 0 Å². The van der Waals surface area contributed by atoms with Crippen molar-refractivity contribution in [3.8, 4) is 34.1 Å². The van der Waals surface area contributed by atoms with E-state index in [1.54, 1.807) is 33.5 Å². The molecule has 1 aliphatic rings. The van der Waals surface area contributed by atoms with Crippen LogP contribution in [0.3, 0.4) is 0 Å². The Balaban J connectivity index is 0.000000335. The normalized spacial score (nSPS) is 11.5. The Morgan fingerprint density at radius 1 is 0.667 bits per heavy atom. The van der Waals surface area contributed by atoms with Gasteiger partial charge in [0.1, 0.15) is 0 Å². The Morgan fingerprint density at radius 2 is 1.23 bits per heavy atom. The summed E-state index contributed by atoms with van der Waals surface area (Å²) in [6.45, 7) is 1.87. The van der Waals surface area contributed by atoms with E-state index in [0.29, 0.717) is 29.4 Å². The number of carbonyl (C=O) groups is 2. The lowest BCUT2D eigenvalue weighted by molar-refractivity contribution is -0.151. The van der Waals surface area contributed by atoms with Crippen LogP contribution < -0.4 is 30.1 Å². The number of methoxy groups -OCH3 is 4. The Labute approximate surface area is 286 Å². The molecular weight excluding hydrogens is 614 g/mol. The van der Waals surface area contributed by atoms with Gasteiger partial charge >= 0.3 is 12.1 Å². The van der Waals surface area contributed by atoms with Crippen LogP contribution in [0.2, 0.25) is 0 Å². The summed E-state index contributed by atoms with van der Waals surface area (Å²) in [4.78, 5) is 33.9. The third-order valence-electron chi connectivity index (χ3n) is 8.49. The van der Waals surface area contributed by atoms with Crippen LogP contribution >= 0.6 is 0 Å². The van der Waals surface area contributed by atoms with Crippen molar-refractivity contribution < 1.29 is 38.0 Å². The molecule has 1 aliphatic carbocycles. The van der Waals surface area contributed by atoms with E-state index in [1.165, 1.54) is 77.7 Å². The molecular formula is C38H57NO9. The number of hydrogen-bond donors (Lipinski definition) is 1. The molecule has 268 valence electrons. The number of fused-ring (bicyclic) bond motifs is 3. The molecule has 10 heteroatoms. The van der Waals surface area contributed by atoms with Crippen LogP contribution in [-0.2, 0) is 27.1 Å². The smallest absolute Gasteiger partial charge is 0.407 e. The third kappa shape index (κ3) is 13.6. The zero-order chi connectivity index (χ0) is 35.1. The van der Waals surface area contributed by atoms with Gasteiger partial charge in [-0.25, -0.2) is 4.79 Å². The van der Waals surface area contributed by atoms with Gasteiger partial charge in [-0.3, -0.25) is 9.59 Å². The van der Waals surface area contributed by atoms with E-state index in [1.807, 2.05) is 12.1 Å². The number of amides is 1. The second-order valence-electron chi connectivity index (χ2n) is 12.0. The summed E-state index contributed by atoms with van der Waals surface area (Å²) in [5.41, 5.74) is 8.65. The van der Waals surface area contributed by atoms with Gasteiger partial charge in [0.05, 0.1) is 28.4 Å². The molecule has 0 saturated heterocycles. The van der Waals surface area contributed by atoms with Crippen molar-refractivity contribution in [1.82, 2.24) is 0 Å². The molecule has 0 aliphatic heterocycles. The fraction of sp³-hybridized carbons (Fsp3) is 0.605. The van der Waals surface area contributed by atoms with Crippen LogP contribution in [0.5, 0.6) is 23.0 Å². The first kappa shape index (κ1) is 40.2. The molecule has 0 fully saturated rings. The van der Waals surface area contributed by atoms with E-state index in [9.17, 15) is 14.4 Å². The Morgan fingerprint density at radius 3 is 1.77 bits per heavy atom. The third-order valence-corrected chi connectivity index (χ3v) is 8.49. The highest BCUT2D eigenvalue weighted by Crippen LogP contribution is 2.48. The molecule has 3 rings (SSSR count). The van der Waals surface area contributed by atoms with Crippen molar-refractivity contribution in [2.75, 3.05) is 35.2 Å². The van der Waals surface area contributed by atoms with Gasteiger partial charge in [0.15, 0.2) is 17.2 Å². The second-order valence-corrected chi connectivity index (χ2v) is 12.0. The summed E-state index contributed by atoms with van der Waals surface area (Å²) < 4.78 is 30.9. The van der Waals surface area contributed by atoms with Crippen molar-refractivity contribution >= 4 is 12.1 Å². The zero-order valence-electron chi connectivity index (χ0n) is 29.8. The van der Waals surface area contributed by atoms with Gasteiger partial charge in [-0.1, -0.05) is 90.0 Å². The topological polar surface area (TPSA) is 133 Å². The first-order valence-corrected chi connectivity index (χ1v) is 17.4. The summed E-state index contributed by atoms with van der Waals surface area (Å²) >= 11 is 0. The average molecular weight is 672 g/mol. The second kappa shape index (κ2) is 23.4. The van der Waals surface area contributed by atoms with Crippen LogP contribution in [0.15, 0.2) is 29.1 Å². The minimum Gasteiger partial charge on any atom is -0.493 e. The largest absolute Gasteiger partial charge is 0.493 e. The van der Waals surface area contributed by atoms with E-state index in [0.717, 1.165) is 54.4 Å². The lowest BCUT2D eigenvalue weighted by Gasteiger charge is -2.19. The molecule has 0 saturated carbocycles. The van der Waals surface area contributed by atoms with Crippen LogP contribution in [-0.4, -0.2) is 47.3 Å². The standard InChI is InChI=1S/C20H22O5.C18H35NO4/c1-22-16-9-8-14-12(10-15(16)21)6-5-7-13-11-17(23-2)19(24-3)20(25-4)18(13)14;1-2-3-4-5-6-7-8-9-10-11-12-13-14-15-17(20)22-16-23-18(19)21/h8-11H,5-7H2,1-4H3;2-16H2,1H3,(H2,19,21). The summed E-state index contributed by atoms with van der Waals surface area (Å²) in [5.74, 6) is 1.81. The molecule has 0 heterocycles. The molecule has 2 N–H and O–H groups in total. The molecule has 0 atom stereocenters. The molecule has 2 aromatic rings. The van der Waals surface area contributed by atoms with E-state index < -0.39 is 6.09 Å². The van der Waals surface area contributed by atoms with Crippen molar-refractivity contribution in [3.05, 3.63) is 45.6 Å². The minimum atomic E-state index is -0.932. The molecule has 2 aromatic carbocycles. The number of benzene rings is 1. The van der Waals surface area contributed by atoms with Gasteiger partial charge in [-0.15, -0.1) is 0 Å². The monoisotopic (exact) mass is 671 g/mol. The van der Waals surface area contributed by atoms with Crippen LogP contribution in [0.4, 0.5) is 4.79 Å². The summed E-state index contributed by atoms with van der Waals surface area (Å²) in [7, 11) is 6.33. The summed E-state index contributed by atoms with van der Waals surface area (Å²) in [6, 6.07) is 7.30. The number of nitrogens with two attached hydrogens (primary N) is 1. The van der Waals surface area contributed by atoms with Crippen molar-refractivity contribution in [1.29, 1.82) is 0 Å². The van der Waals surface area contributed by atoms with Gasteiger partial charge in [0.25, 0.3) is 0 Å². The highest BCUT2D eigenvalue weighted by Gasteiger charge is 2.25. The highest BCUT2D eigenvalue weighted by molar-refractivity contribution is 5.82. The van der Waals surface area contributed by atoms with E-state index in [4.69, 9.17) is 29.4 Å². The molecule has 0 aromatic heterocycles. The van der Waals surface area contributed by atoms with Gasteiger partial charge < -0.3 is 34.2 Å². The predicted molar refractivity (Wildman–Crippen MR) is 188 cm³/mol. The van der Waals surface area contributed by atoms with E-state index in [-0.39, 0.29) is 18.2 Å². The SMILES string of the molecule is CCCCCCCCCCCCCCCC(=O)OCOC(N)=O.COc1cc2c(c(OC)c1OC)-c1ccc(OC)c(=O)cc1CCC2. The predicted octanol–water partition coefficient (Wildman–Crippen LogP) is 8.30. The Kier molecular flexibility index (Phi) is 19.6. The maximum Gasteiger partial charge on any atom is 0.407 e. The number of ether oxygens (including phenoxy) is 6. The fourth-order valence-corrected chi connectivity index (χ4v) is 5.96. The van der Waals surface area contributed by atoms with Gasteiger partial charge in [-0.2, -0.15) is 0 Å². The maximum absolute atomic E-state index is 12.3. The van der Waals surface area contributed by atoms with Gasteiger partial charge in [-0.05, 0) is 60.6 Å². The number of esters is 1. The molecule has 1 amide bonds. The van der Waals surface area contributed by atoms with Crippen LogP contribution in [0.1, 0.15) is 114 Å². The Hall–Kier alpha value is -3.95. The number of hydrogen-bond acceptors (Lipinski definition) is 9. The molecule has 0 bridgehead atoms. The number of primary amides is 1. The molecule has 10 nitrogen and oxygen atoms in total. The summed E-state index contributed by atoms with van der Waals surface area (Å²) in [6.07, 6.45) is 18.6. The number of aryl methyl sites for hydroxylation is 2. The first-order valence-electron chi connectivity index (χ1n) is 17.4. The number of unbranched alkanes of at least 4 members (excludes halogenated alkanes) is 12. The quantitative estimate of drug-likeness (QED) is 0.0838.